The van der Waals surface area contributed by atoms with Gasteiger partial charge in [-0.25, -0.2) is 0 Å². The Morgan fingerprint density at radius 3 is 2.35 bits per heavy atom. The van der Waals surface area contributed by atoms with Gasteiger partial charge in [-0.1, -0.05) is 43.7 Å². The van der Waals surface area contributed by atoms with Crippen molar-refractivity contribution in [2.75, 3.05) is 17.7 Å². The first-order chi connectivity index (χ1) is 9.40. The molecule has 2 N–H and O–H groups in total. The van der Waals surface area contributed by atoms with Crippen molar-refractivity contribution in [2.45, 2.75) is 33.2 Å². The largest absolute Gasteiger partial charge is 0.394 e. The zero-order chi connectivity index (χ0) is 14.9. The van der Waals surface area contributed by atoms with Crippen molar-refractivity contribution in [2.24, 2.45) is 7.05 Å². The zero-order valence-corrected chi connectivity index (χ0v) is 13.0. The normalized spacial score (nSPS) is 11.1. The van der Waals surface area contributed by atoms with Gasteiger partial charge in [0.15, 0.2) is 0 Å². The van der Waals surface area contributed by atoms with Gasteiger partial charge in [-0.05, 0) is 18.4 Å². The van der Waals surface area contributed by atoms with Gasteiger partial charge in [0.05, 0.1) is 11.4 Å². The van der Waals surface area contributed by atoms with Crippen molar-refractivity contribution in [3.8, 4) is 0 Å². The number of rotatable bonds is 4. The maximum absolute atomic E-state index is 6.26. The van der Waals surface area contributed by atoms with E-state index in [1.807, 2.05) is 11.7 Å². The summed E-state index contributed by atoms with van der Waals surface area (Å²) < 4.78 is 1.87. The van der Waals surface area contributed by atoms with Crippen LogP contribution in [0.4, 0.5) is 11.5 Å². The molecule has 2 aromatic rings. The third-order valence-electron chi connectivity index (χ3n) is 3.53. The Hall–Kier alpha value is -1.97. The van der Waals surface area contributed by atoms with Crippen LogP contribution in [0.1, 0.15) is 36.6 Å². The Labute approximate surface area is 121 Å². The molecule has 20 heavy (non-hydrogen) atoms. The minimum atomic E-state index is 0.336. The molecule has 0 unspecified atom stereocenters. The van der Waals surface area contributed by atoms with Gasteiger partial charge in [0.25, 0.3) is 0 Å². The Morgan fingerprint density at radius 2 is 1.85 bits per heavy atom. The zero-order valence-electron chi connectivity index (χ0n) is 13.0. The molecular weight excluding hydrogens is 248 g/mol. The number of hydrogen-bond acceptors (Lipinski definition) is 3. The highest BCUT2D eigenvalue weighted by Gasteiger charge is 2.18. The summed E-state index contributed by atoms with van der Waals surface area (Å²) in [6.07, 6.45) is 0. The van der Waals surface area contributed by atoms with Crippen LogP contribution in [0.3, 0.4) is 0 Å². The Kier molecular flexibility index (Phi) is 4.02. The van der Waals surface area contributed by atoms with Gasteiger partial charge in [0.1, 0.15) is 5.82 Å². The molecule has 0 fully saturated rings. The molecule has 0 bridgehead atoms. The molecule has 0 aliphatic carbocycles. The third kappa shape index (κ3) is 2.79. The van der Waals surface area contributed by atoms with Crippen LogP contribution in [0, 0.1) is 6.92 Å². The number of hydrogen-bond donors (Lipinski definition) is 1. The first-order valence-electron chi connectivity index (χ1n) is 6.99. The number of nitrogens with two attached hydrogens (primary N) is 1. The molecular formula is C16H24N4. The maximum atomic E-state index is 6.26. The van der Waals surface area contributed by atoms with E-state index in [1.165, 1.54) is 11.1 Å². The van der Waals surface area contributed by atoms with E-state index in [0.29, 0.717) is 5.92 Å². The van der Waals surface area contributed by atoms with Crippen molar-refractivity contribution in [3.05, 3.63) is 41.1 Å². The molecule has 0 spiro atoms. The molecule has 108 valence electrons. The van der Waals surface area contributed by atoms with Crippen molar-refractivity contribution in [1.82, 2.24) is 9.78 Å². The van der Waals surface area contributed by atoms with Gasteiger partial charge in [0.2, 0.25) is 0 Å². The quantitative estimate of drug-likeness (QED) is 0.930. The van der Waals surface area contributed by atoms with E-state index in [0.717, 1.165) is 23.7 Å². The van der Waals surface area contributed by atoms with Crippen molar-refractivity contribution < 1.29 is 0 Å². The first kappa shape index (κ1) is 14.4. The molecule has 4 nitrogen and oxygen atoms in total. The van der Waals surface area contributed by atoms with Gasteiger partial charge in [-0.2, -0.15) is 5.10 Å². The summed E-state index contributed by atoms with van der Waals surface area (Å²) in [6, 6.07) is 8.58. The standard InChI is InChI=1S/C16H24N4/c1-11(2)15-14(17)16(20(5)18-15)19(4)10-13-8-6-12(3)7-9-13/h6-9,11H,10,17H2,1-5H3. The van der Waals surface area contributed by atoms with Crippen LogP contribution in [-0.2, 0) is 13.6 Å². The summed E-state index contributed by atoms with van der Waals surface area (Å²) >= 11 is 0. The average Bonchev–Trinajstić information content (AvgIpc) is 2.68. The van der Waals surface area contributed by atoms with E-state index in [4.69, 9.17) is 5.73 Å². The summed E-state index contributed by atoms with van der Waals surface area (Å²) in [6.45, 7) is 7.15. The van der Waals surface area contributed by atoms with Crippen molar-refractivity contribution in [1.29, 1.82) is 0 Å². The first-order valence-corrected chi connectivity index (χ1v) is 6.99. The number of anilines is 2. The molecule has 2 rings (SSSR count). The highest BCUT2D eigenvalue weighted by molar-refractivity contribution is 5.66. The van der Waals surface area contributed by atoms with Crippen LogP contribution in [0.25, 0.3) is 0 Å². The summed E-state index contributed by atoms with van der Waals surface area (Å²) in [7, 11) is 4.00. The molecule has 1 aromatic carbocycles. The molecule has 4 heteroatoms. The van der Waals surface area contributed by atoms with Crippen molar-refractivity contribution >= 4 is 11.5 Å². The van der Waals surface area contributed by atoms with Gasteiger partial charge in [-0.3, -0.25) is 4.68 Å². The van der Waals surface area contributed by atoms with Gasteiger partial charge in [-0.15, -0.1) is 0 Å². The topological polar surface area (TPSA) is 47.1 Å². The lowest BCUT2D eigenvalue weighted by atomic mass is 10.1. The van der Waals surface area contributed by atoms with E-state index in [2.05, 4.69) is 62.1 Å². The smallest absolute Gasteiger partial charge is 0.150 e. The number of aromatic nitrogens is 2. The van der Waals surface area contributed by atoms with E-state index in [1.54, 1.807) is 0 Å². The number of aryl methyl sites for hydroxylation is 2. The third-order valence-corrected chi connectivity index (χ3v) is 3.53. The van der Waals surface area contributed by atoms with Crippen LogP contribution >= 0.6 is 0 Å². The highest BCUT2D eigenvalue weighted by Crippen LogP contribution is 2.30. The molecule has 0 aliphatic rings. The lowest BCUT2D eigenvalue weighted by molar-refractivity contribution is 0.698. The number of benzene rings is 1. The minimum absolute atomic E-state index is 0.336. The molecule has 0 saturated heterocycles. The van der Waals surface area contributed by atoms with Crippen LogP contribution in [0.5, 0.6) is 0 Å². The molecule has 1 heterocycles. The van der Waals surface area contributed by atoms with Crippen LogP contribution in [0.15, 0.2) is 24.3 Å². The molecule has 0 aliphatic heterocycles. The number of nitrogens with zero attached hydrogens (tertiary/aromatic N) is 3. The van der Waals surface area contributed by atoms with E-state index in [-0.39, 0.29) is 0 Å². The second-order valence-corrected chi connectivity index (χ2v) is 5.74. The second-order valence-electron chi connectivity index (χ2n) is 5.74. The minimum Gasteiger partial charge on any atom is -0.394 e. The fraction of sp³-hybridized carbons (Fsp3) is 0.438. The highest BCUT2D eigenvalue weighted by atomic mass is 15.4. The monoisotopic (exact) mass is 272 g/mol. The average molecular weight is 272 g/mol. The molecule has 0 atom stereocenters. The Morgan fingerprint density at radius 1 is 1.25 bits per heavy atom. The van der Waals surface area contributed by atoms with Gasteiger partial charge in [0, 0.05) is 20.6 Å². The lowest BCUT2D eigenvalue weighted by Crippen LogP contribution is -2.20. The fourth-order valence-corrected chi connectivity index (χ4v) is 2.47. The van der Waals surface area contributed by atoms with Crippen molar-refractivity contribution in [3.63, 3.8) is 0 Å². The van der Waals surface area contributed by atoms with E-state index < -0.39 is 0 Å². The summed E-state index contributed by atoms with van der Waals surface area (Å²) in [5.41, 5.74) is 10.6. The fourth-order valence-electron chi connectivity index (χ4n) is 2.47. The van der Waals surface area contributed by atoms with Crippen LogP contribution in [0.2, 0.25) is 0 Å². The summed E-state index contributed by atoms with van der Waals surface area (Å²) in [5.74, 6) is 1.32. The van der Waals surface area contributed by atoms with Crippen LogP contribution < -0.4 is 10.6 Å². The molecule has 0 amide bonds. The maximum Gasteiger partial charge on any atom is 0.150 e. The Bertz CT molecular complexity index is 581. The Balaban J connectivity index is 2.25. The molecule has 1 aromatic heterocycles. The SMILES string of the molecule is Cc1ccc(CN(C)c2c(N)c(C(C)C)nn2C)cc1. The predicted octanol–water partition coefficient (Wildman–Crippen LogP) is 3.07. The van der Waals surface area contributed by atoms with Gasteiger partial charge >= 0.3 is 0 Å². The molecule has 0 saturated carbocycles. The number of nitrogen functional groups attached to an aromatic ring is 1. The summed E-state index contributed by atoms with van der Waals surface area (Å²) in [5, 5.41) is 4.54. The van der Waals surface area contributed by atoms with Crippen LogP contribution in [-0.4, -0.2) is 16.8 Å². The van der Waals surface area contributed by atoms with E-state index in [9.17, 15) is 0 Å². The summed E-state index contributed by atoms with van der Waals surface area (Å²) in [4.78, 5) is 2.15. The van der Waals surface area contributed by atoms with E-state index >= 15 is 0 Å². The second kappa shape index (κ2) is 5.57. The lowest BCUT2D eigenvalue weighted by Gasteiger charge is -2.20. The van der Waals surface area contributed by atoms with Gasteiger partial charge < -0.3 is 10.6 Å². The predicted molar refractivity (Wildman–Crippen MR) is 85.0 cm³/mol. The molecule has 0 radical (unpaired) electrons.